The predicted molar refractivity (Wildman–Crippen MR) is 79.5 cm³/mol. The van der Waals surface area contributed by atoms with Crippen LogP contribution in [0.2, 0.25) is 0 Å². The van der Waals surface area contributed by atoms with E-state index in [4.69, 9.17) is 9.84 Å². The van der Waals surface area contributed by atoms with E-state index in [0.29, 0.717) is 24.9 Å². The maximum absolute atomic E-state index is 10.9. The van der Waals surface area contributed by atoms with E-state index in [1.165, 1.54) is 0 Å². The third-order valence-electron chi connectivity index (χ3n) is 4.00. The van der Waals surface area contributed by atoms with Gasteiger partial charge in [0, 0.05) is 12.6 Å². The minimum absolute atomic E-state index is 0.155. The van der Waals surface area contributed by atoms with Crippen LogP contribution < -0.4 is 10.1 Å². The average molecular weight is 293 g/mol. The summed E-state index contributed by atoms with van der Waals surface area (Å²) in [6.45, 7) is 3.09. The number of ether oxygens (including phenoxy) is 1. The van der Waals surface area contributed by atoms with Crippen molar-refractivity contribution in [2.75, 3.05) is 6.61 Å². The summed E-state index contributed by atoms with van der Waals surface area (Å²) in [5.74, 6) is -0.191. The number of aromatic hydroxyl groups is 1. The Balaban J connectivity index is 1.83. The van der Waals surface area contributed by atoms with Crippen molar-refractivity contribution in [3.05, 3.63) is 23.8 Å². The Hall–Kier alpha value is -1.75. The molecule has 1 aliphatic carbocycles. The predicted octanol–water partition coefficient (Wildman–Crippen LogP) is 2.52. The molecule has 21 heavy (non-hydrogen) atoms. The summed E-state index contributed by atoms with van der Waals surface area (Å²) in [5.41, 5.74) is 1.05. The molecule has 5 nitrogen and oxygen atoms in total. The SMILES string of the molecule is CCOc1cc(CNC2CCC(C(=O)O)CC2)ccc1O. The number of phenols is 1. The summed E-state index contributed by atoms with van der Waals surface area (Å²) in [5, 5.41) is 22.1. The number of aliphatic carboxylic acids is 1. The number of nitrogens with one attached hydrogen (secondary N) is 1. The van der Waals surface area contributed by atoms with Gasteiger partial charge in [0.2, 0.25) is 0 Å². The number of phenolic OH excluding ortho intramolecular Hbond substituents is 1. The van der Waals surface area contributed by atoms with Gasteiger partial charge in [-0.3, -0.25) is 4.79 Å². The fourth-order valence-electron chi connectivity index (χ4n) is 2.75. The first-order valence-corrected chi connectivity index (χ1v) is 7.51. The van der Waals surface area contributed by atoms with Crippen molar-refractivity contribution in [3.63, 3.8) is 0 Å². The van der Waals surface area contributed by atoms with Gasteiger partial charge in [0.05, 0.1) is 12.5 Å². The van der Waals surface area contributed by atoms with E-state index in [9.17, 15) is 9.90 Å². The van der Waals surface area contributed by atoms with Crippen LogP contribution >= 0.6 is 0 Å². The molecule has 0 bridgehead atoms. The van der Waals surface area contributed by atoms with E-state index < -0.39 is 5.97 Å². The van der Waals surface area contributed by atoms with E-state index in [0.717, 1.165) is 31.2 Å². The lowest BCUT2D eigenvalue weighted by Crippen LogP contribution is -2.34. The Kier molecular flexibility index (Phi) is 5.44. The molecule has 0 heterocycles. The quantitative estimate of drug-likeness (QED) is 0.751. The van der Waals surface area contributed by atoms with Crippen LogP contribution in [0.15, 0.2) is 18.2 Å². The highest BCUT2D eigenvalue weighted by molar-refractivity contribution is 5.70. The highest BCUT2D eigenvalue weighted by Crippen LogP contribution is 2.28. The lowest BCUT2D eigenvalue weighted by atomic mass is 9.86. The van der Waals surface area contributed by atoms with E-state index in [1.54, 1.807) is 6.07 Å². The lowest BCUT2D eigenvalue weighted by Gasteiger charge is -2.27. The zero-order valence-electron chi connectivity index (χ0n) is 12.3. The van der Waals surface area contributed by atoms with Gasteiger partial charge in [-0.1, -0.05) is 6.07 Å². The van der Waals surface area contributed by atoms with Gasteiger partial charge >= 0.3 is 5.97 Å². The minimum atomic E-state index is -0.673. The van der Waals surface area contributed by atoms with Crippen molar-refractivity contribution in [1.82, 2.24) is 5.32 Å². The molecule has 0 aromatic heterocycles. The first-order valence-electron chi connectivity index (χ1n) is 7.51. The number of rotatable bonds is 6. The molecule has 1 aliphatic rings. The van der Waals surface area contributed by atoms with E-state index in [-0.39, 0.29) is 11.7 Å². The van der Waals surface area contributed by atoms with Crippen molar-refractivity contribution in [1.29, 1.82) is 0 Å². The van der Waals surface area contributed by atoms with E-state index >= 15 is 0 Å². The Morgan fingerprint density at radius 3 is 2.67 bits per heavy atom. The second kappa shape index (κ2) is 7.31. The van der Waals surface area contributed by atoms with Gasteiger partial charge in [-0.25, -0.2) is 0 Å². The van der Waals surface area contributed by atoms with Crippen LogP contribution in [0.1, 0.15) is 38.2 Å². The van der Waals surface area contributed by atoms with Crippen LogP contribution in [0.4, 0.5) is 0 Å². The number of carboxylic acid groups (broad SMARTS) is 1. The molecule has 0 aliphatic heterocycles. The molecule has 0 radical (unpaired) electrons. The smallest absolute Gasteiger partial charge is 0.306 e. The van der Waals surface area contributed by atoms with Crippen LogP contribution in [0, 0.1) is 5.92 Å². The Bertz CT molecular complexity index is 481. The normalized spacial score (nSPS) is 22.0. The van der Waals surface area contributed by atoms with Gasteiger partial charge in [0.1, 0.15) is 0 Å². The molecule has 0 saturated heterocycles. The van der Waals surface area contributed by atoms with Gasteiger partial charge in [0.15, 0.2) is 11.5 Å². The van der Waals surface area contributed by atoms with Crippen molar-refractivity contribution in [3.8, 4) is 11.5 Å². The molecule has 3 N–H and O–H groups in total. The van der Waals surface area contributed by atoms with Crippen LogP contribution in [0.5, 0.6) is 11.5 Å². The summed E-state index contributed by atoms with van der Waals surface area (Å²) < 4.78 is 5.37. The first kappa shape index (κ1) is 15.6. The second-order valence-corrected chi connectivity index (χ2v) is 5.50. The highest BCUT2D eigenvalue weighted by atomic mass is 16.5. The number of carboxylic acids is 1. The summed E-state index contributed by atoms with van der Waals surface area (Å²) in [7, 11) is 0. The van der Waals surface area contributed by atoms with Crippen molar-refractivity contribution in [2.45, 2.75) is 45.2 Å². The van der Waals surface area contributed by atoms with Gasteiger partial charge in [-0.2, -0.15) is 0 Å². The Morgan fingerprint density at radius 2 is 2.05 bits per heavy atom. The van der Waals surface area contributed by atoms with Crippen LogP contribution in [0.3, 0.4) is 0 Å². The second-order valence-electron chi connectivity index (χ2n) is 5.50. The molecule has 0 amide bonds. The molecule has 5 heteroatoms. The third kappa shape index (κ3) is 4.36. The molecule has 116 valence electrons. The monoisotopic (exact) mass is 293 g/mol. The summed E-state index contributed by atoms with van der Waals surface area (Å²) >= 11 is 0. The van der Waals surface area contributed by atoms with Gasteiger partial charge < -0.3 is 20.3 Å². The number of carbonyl (C=O) groups is 1. The number of hydrogen-bond acceptors (Lipinski definition) is 4. The molecular weight excluding hydrogens is 270 g/mol. The molecule has 0 atom stereocenters. The Labute approximate surface area is 124 Å². The van der Waals surface area contributed by atoms with E-state index in [2.05, 4.69) is 5.32 Å². The molecular formula is C16H23NO4. The largest absolute Gasteiger partial charge is 0.504 e. The molecule has 1 fully saturated rings. The molecule has 0 spiro atoms. The van der Waals surface area contributed by atoms with Crippen LogP contribution in [-0.4, -0.2) is 28.8 Å². The van der Waals surface area contributed by atoms with Gasteiger partial charge in [-0.15, -0.1) is 0 Å². The van der Waals surface area contributed by atoms with Crippen molar-refractivity contribution in [2.24, 2.45) is 5.92 Å². The molecule has 1 saturated carbocycles. The highest BCUT2D eigenvalue weighted by Gasteiger charge is 2.25. The third-order valence-corrected chi connectivity index (χ3v) is 4.00. The average Bonchev–Trinajstić information content (AvgIpc) is 2.48. The fraction of sp³-hybridized carbons (Fsp3) is 0.562. The zero-order chi connectivity index (χ0) is 15.2. The molecule has 1 aromatic carbocycles. The Morgan fingerprint density at radius 1 is 1.33 bits per heavy atom. The number of benzene rings is 1. The minimum Gasteiger partial charge on any atom is -0.504 e. The van der Waals surface area contributed by atoms with Crippen molar-refractivity contribution >= 4 is 5.97 Å². The van der Waals surface area contributed by atoms with Crippen molar-refractivity contribution < 1.29 is 19.7 Å². The molecule has 1 aromatic rings. The maximum atomic E-state index is 10.9. The molecule has 0 unspecified atom stereocenters. The first-order chi connectivity index (χ1) is 10.1. The van der Waals surface area contributed by atoms with Gasteiger partial charge in [-0.05, 0) is 50.3 Å². The van der Waals surface area contributed by atoms with Crippen LogP contribution in [-0.2, 0) is 11.3 Å². The number of hydrogen-bond donors (Lipinski definition) is 3. The lowest BCUT2D eigenvalue weighted by molar-refractivity contribution is -0.142. The summed E-state index contributed by atoms with van der Waals surface area (Å²) in [6.07, 6.45) is 3.28. The maximum Gasteiger partial charge on any atom is 0.306 e. The molecule has 2 rings (SSSR count). The zero-order valence-corrected chi connectivity index (χ0v) is 12.3. The fourth-order valence-corrected chi connectivity index (χ4v) is 2.75. The summed E-state index contributed by atoms with van der Waals surface area (Å²) in [6, 6.07) is 5.72. The standard InChI is InChI=1S/C16H23NO4/c1-2-21-15-9-11(3-8-14(15)18)10-17-13-6-4-12(5-7-13)16(19)20/h3,8-9,12-13,17-18H,2,4-7,10H2,1H3,(H,19,20). The van der Waals surface area contributed by atoms with Crippen LogP contribution in [0.25, 0.3) is 0 Å². The summed E-state index contributed by atoms with van der Waals surface area (Å²) in [4.78, 5) is 10.9. The van der Waals surface area contributed by atoms with E-state index in [1.807, 2.05) is 19.1 Å². The topological polar surface area (TPSA) is 78.8 Å². The van der Waals surface area contributed by atoms with Gasteiger partial charge in [0.25, 0.3) is 0 Å².